The molecule has 5 rings (SSSR count). The number of hydrogen-bond acceptors (Lipinski definition) is 4. The molecule has 3 aliphatic heterocycles. The van der Waals surface area contributed by atoms with Crippen LogP contribution in [0.25, 0.3) is 10.2 Å². The van der Waals surface area contributed by atoms with Crippen LogP contribution in [-0.2, 0) is 0 Å². The molecule has 0 spiro atoms. The largest absolute Gasteiger partial charge is 0.347 e. The molecule has 2 aromatic rings. The van der Waals surface area contributed by atoms with Gasteiger partial charge >= 0.3 is 0 Å². The third kappa shape index (κ3) is 2.15. The van der Waals surface area contributed by atoms with Gasteiger partial charge in [0.1, 0.15) is 4.83 Å². The molecule has 3 fully saturated rings. The molecule has 110 valence electrons. The number of thiophene rings is 1. The summed E-state index contributed by atoms with van der Waals surface area (Å²) in [5.74, 6) is 0.681. The van der Waals surface area contributed by atoms with Gasteiger partial charge in [0.25, 0.3) is 5.91 Å². The number of amides is 1. The Morgan fingerprint density at radius 1 is 1.38 bits per heavy atom. The maximum atomic E-state index is 12.7. The number of aromatic nitrogens is 1. The van der Waals surface area contributed by atoms with Gasteiger partial charge in [0.2, 0.25) is 0 Å². The van der Waals surface area contributed by atoms with E-state index < -0.39 is 0 Å². The lowest BCUT2D eigenvalue weighted by molar-refractivity contribution is 0.0217. The number of nitrogens with zero attached hydrogens (tertiary/aromatic N) is 2. The van der Waals surface area contributed by atoms with Crippen molar-refractivity contribution < 1.29 is 4.79 Å². The Morgan fingerprint density at radius 3 is 2.95 bits per heavy atom. The van der Waals surface area contributed by atoms with E-state index in [9.17, 15) is 4.79 Å². The van der Waals surface area contributed by atoms with Gasteiger partial charge in [-0.25, -0.2) is 4.98 Å². The molecule has 0 radical (unpaired) electrons. The third-order valence-electron chi connectivity index (χ3n) is 5.09. The van der Waals surface area contributed by atoms with E-state index >= 15 is 0 Å². The summed E-state index contributed by atoms with van der Waals surface area (Å²) in [6.45, 7) is 4.60. The summed E-state index contributed by atoms with van der Waals surface area (Å²) in [5, 5.41) is 6.25. The van der Waals surface area contributed by atoms with Gasteiger partial charge < -0.3 is 5.32 Å². The molecule has 3 saturated heterocycles. The van der Waals surface area contributed by atoms with Crippen molar-refractivity contribution in [1.82, 2.24) is 15.2 Å². The molecule has 4 nitrogen and oxygen atoms in total. The molecule has 1 amide bonds. The summed E-state index contributed by atoms with van der Waals surface area (Å²) < 4.78 is 0. The second-order valence-corrected chi connectivity index (χ2v) is 7.01. The lowest BCUT2D eigenvalue weighted by Gasteiger charge is -2.49. The van der Waals surface area contributed by atoms with Crippen LogP contribution in [0.4, 0.5) is 0 Å². The average Bonchev–Trinajstić information content (AvgIpc) is 2.99. The highest BCUT2D eigenvalue weighted by atomic mass is 32.1. The lowest BCUT2D eigenvalue weighted by Crippen LogP contribution is -2.62. The van der Waals surface area contributed by atoms with E-state index in [-0.39, 0.29) is 11.9 Å². The summed E-state index contributed by atoms with van der Waals surface area (Å²) in [7, 11) is 0. The average molecular weight is 301 g/mol. The van der Waals surface area contributed by atoms with Gasteiger partial charge in [-0.15, -0.1) is 11.3 Å². The van der Waals surface area contributed by atoms with E-state index in [1.165, 1.54) is 25.9 Å². The first kappa shape index (κ1) is 13.2. The number of carbonyl (C=O) groups is 1. The Balaban J connectivity index is 1.60. The number of fused-ring (bicyclic) bond motifs is 4. The highest BCUT2D eigenvalue weighted by molar-refractivity contribution is 7.16. The van der Waals surface area contributed by atoms with Crippen molar-refractivity contribution in [2.75, 3.05) is 13.1 Å². The monoisotopic (exact) mass is 301 g/mol. The molecule has 3 aliphatic rings. The van der Waals surface area contributed by atoms with E-state index in [0.29, 0.717) is 12.0 Å². The first-order valence-corrected chi connectivity index (χ1v) is 8.49. The van der Waals surface area contributed by atoms with Gasteiger partial charge in [0, 0.05) is 23.7 Å². The number of piperidine rings is 3. The Morgan fingerprint density at radius 2 is 2.19 bits per heavy atom. The first-order chi connectivity index (χ1) is 10.2. The molecule has 1 N–H and O–H groups in total. The number of carbonyl (C=O) groups excluding carboxylic acids is 1. The molecule has 2 aromatic heterocycles. The van der Waals surface area contributed by atoms with Crippen LogP contribution in [0.5, 0.6) is 0 Å². The predicted octanol–water partition coefficient (Wildman–Crippen LogP) is 2.51. The summed E-state index contributed by atoms with van der Waals surface area (Å²) in [6, 6.07) is 4.54. The molecule has 0 unspecified atom stereocenters. The minimum atomic E-state index is 0.0476. The van der Waals surface area contributed by atoms with Gasteiger partial charge in [-0.2, -0.15) is 0 Å². The number of nitrogens with one attached hydrogen (secondary N) is 1. The van der Waals surface area contributed by atoms with Gasteiger partial charge in [-0.1, -0.05) is 0 Å². The molecule has 0 aliphatic carbocycles. The predicted molar refractivity (Wildman–Crippen MR) is 84.6 cm³/mol. The zero-order chi connectivity index (χ0) is 14.4. The Hall–Kier alpha value is -1.46. The van der Waals surface area contributed by atoms with Crippen molar-refractivity contribution in [2.24, 2.45) is 5.92 Å². The standard InChI is InChI=1S/C16H19N3OS/c1-10-14(11-3-7-19(10)8-4-11)18-15(20)12-2-6-17-16-13(12)5-9-21-16/h2,5-6,9-11,14H,3-4,7-8H2,1H3,(H,18,20)/t10-,14-/m0/s1. The molecule has 5 heterocycles. The number of pyridine rings is 1. The summed E-state index contributed by atoms with van der Waals surface area (Å²) in [6.07, 6.45) is 4.15. The SMILES string of the molecule is C[C@H]1[C@H](NC(=O)c2ccnc3sccc23)C2CCN1CC2. The van der Waals surface area contributed by atoms with Crippen LogP contribution in [0, 0.1) is 5.92 Å². The Kier molecular flexibility index (Phi) is 3.19. The number of hydrogen-bond donors (Lipinski definition) is 1. The molecule has 5 heteroatoms. The Bertz CT molecular complexity index is 673. The third-order valence-corrected chi connectivity index (χ3v) is 5.91. The van der Waals surface area contributed by atoms with Crippen LogP contribution in [0.1, 0.15) is 30.1 Å². The summed E-state index contributed by atoms with van der Waals surface area (Å²) >= 11 is 1.58. The van der Waals surface area contributed by atoms with Crippen LogP contribution in [-0.4, -0.2) is 41.0 Å². The van der Waals surface area contributed by atoms with E-state index in [2.05, 4.69) is 22.1 Å². The second-order valence-electron chi connectivity index (χ2n) is 6.11. The highest BCUT2D eigenvalue weighted by Gasteiger charge is 2.40. The second kappa shape index (κ2) is 5.07. The van der Waals surface area contributed by atoms with E-state index in [1.807, 2.05) is 17.5 Å². The van der Waals surface area contributed by atoms with Crippen molar-refractivity contribution >= 4 is 27.5 Å². The maximum absolute atomic E-state index is 12.7. The van der Waals surface area contributed by atoms with Gasteiger partial charge in [-0.3, -0.25) is 9.69 Å². The topological polar surface area (TPSA) is 45.2 Å². The lowest BCUT2D eigenvalue weighted by atomic mass is 9.79. The van der Waals surface area contributed by atoms with Gasteiger partial charge in [0.05, 0.1) is 5.56 Å². The maximum Gasteiger partial charge on any atom is 0.252 e. The zero-order valence-electron chi connectivity index (χ0n) is 12.1. The van der Waals surface area contributed by atoms with Crippen molar-refractivity contribution in [1.29, 1.82) is 0 Å². The molecule has 0 saturated carbocycles. The molecular weight excluding hydrogens is 282 g/mol. The normalized spacial score (nSPS) is 31.5. The molecule has 2 bridgehead atoms. The fraction of sp³-hybridized carbons (Fsp3) is 0.500. The molecule has 0 aromatic carbocycles. The fourth-order valence-electron chi connectivity index (χ4n) is 3.85. The van der Waals surface area contributed by atoms with Crippen LogP contribution in [0.3, 0.4) is 0 Å². The van der Waals surface area contributed by atoms with Crippen LogP contribution in [0.2, 0.25) is 0 Å². The quantitative estimate of drug-likeness (QED) is 0.927. The van der Waals surface area contributed by atoms with Gasteiger partial charge in [-0.05, 0) is 56.3 Å². The minimum absolute atomic E-state index is 0.0476. The zero-order valence-corrected chi connectivity index (χ0v) is 12.9. The summed E-state index contributed by atoms with van der Waals surface area (Å²) in [4.78, 5) is 20.4. The molecular formula is C16H19N3OS. The van der Waals surface area contributed by atoms with E-state index in [1.54, 1.807) is 17.5 Å². The van der Waals surface area contributed by atoms with Gasteiger partial charge in [0.15, 0.2) is 0 Å². The fourth-order valence-corrected chi connectivity index (χ4v) is 4.61. The van der Waals surface area contributed by atoms with Crippen LogP contribution < -0.4 is 5.32 Å². The van der Waals surface area contributed by atoms with Crippen molar-refractivity contribution in [3.63, 3.8) is 0 Å². The Labute approximate surface area is 128 Å². The van der Waals surface area contributed by atoms with Crippen LogP contribution >= 0.6 is 11.3 Å². The smallest absolute Gasteiger partial charge is 0.252 e. The molecule has 21 heavy (non-hydrogen) atoms. The first-order valence-electron chi connectivity index (χ1n) is 7.61. The number of rotatable bonds is 2. The highest BCUT2D eigenvalue weighted by Crippen LogP contribution is 2.32. The van der Waals surface area contributed by atoms with Crippen molar-refractivity contribution in [3.05, 3.63) is 29.3 Å². The van der Waals surface area contributed by atoms with Crippen LogP contribution in [0.15, 0.2) is 23.7 Å². The minimum Gasteiger partial charge on any atom is -0.347 e. The molecule has 2 atom stereocenters. The van der Waals surface area contributed by atoms with Crippen molar-refractivity contribution in [3.8, 4) is 0 Å². The summed E-state index contributed by atoms with van der Waals surface area (Å²) in [5.41, 5.74) is 0.755. The van der Waals surface area contributed by atoms with E-state index in [4.69, 9.17) is 0 Å². The van der Waals surface area contributed by atoms with E-state index in [0.717, 1.165) is 15.8 Å². The van der Waals surface area contributed by atoms with Crippen molar-refractivity contribution in [2.45, 2.75) is 31.8 Å².